The molecule has 6 heteroatoms. The Hall–Kier alpha value is -3.28. The fourth-order valence-electron chi connectivity index (χ4n) is 2.20. The van der Waals surface area contributed by atoms with Crippen molar-refractivity contribution < 1.29 is 4.79 Å². The molecule has 3 aromatic rings. The standard InChI is InChI=1S/C17H15N5O/c1-2-10-21(15-6-4-3-5-7-15)17(23)14-8-9-19-16(11-14)22-13-18-12-20-22/h2-9,11-13H,1,10H2. The third-order valence-electron chi connectivity index (χ3n) is 3.27. The highest BCUT2D eigenvalue weighted by atomic mass is 16.2. The summed E-state index contributed by atoms with van der Waals surface area (Å²) in [6.07, 6.45) is 6.24. The largest absolute Gasteiger partial charge is 0.305 e. The quantitative estimate of drug-likeness (QED) is 0.679. The summed E-state index contributed by atoms with van der Waals surface area (Å²) in [5.74, 6) is 0.417. The zero-order chi connectivity index (χ0) is 16.1. The van der Waals surface area contributed by atoms with Gasteiger partial charge < -0.3 is 4.90 Å². The molecule has 0 aliphatic rings. The van der Waals surface area contributed by atoms with Gasteiger partial charge in [0.25, 0.3) is 5.91 Å². The molecule has 0 saturated carbocycles. The molecular formula is C17H15N5O. The fraction of sp³-hybridized carbons (Fsp3) is 0.0588. The summed E-state index contributed by atoms with van der Waals surface area (Å²) in [5.41, 5.74) is 1.34. The molecule has 0 radical (unpaired) electrons. The molecule has 0 aliphatic carbocycles. The Balaban J connectivity index is 1.94. The van der Waals surface area contributed by atoms with Gasteiger partial charge >= 0.3 is 0 Å². The molecular weight excluding hydrogens is 290 g/mol. The van der Waals surface area contributed by atoms with E-state index in [1.165, 1.54) is 17.3 Å². The van der Waals surface area contributed by atoms with Gasteiger partial charge in [-0.15, -0.1) is 6.58 Å². The lowest BCUT2D eigenvalue weighted by molar-refractivity contribution is 0.0989. The van der Waals surface area contributed by atoms with Gasteiger partial charge in [-0.25, -0.2) is 14.6 Å². The number of anilines is 1. The summed E-state index contributed by atoms with van der Waals surface area (Å²) in [6.45, 7) is 4.15. The average molecular weight is 305 g/mol. The van der Waals surface area contributed by atoms with E-state index in [9.17, 15) is 4.79 Å². The van der Waals surface area contributed by atoms with Crippen molar-refractivity contribution in [1.82, 2.24) is 19.7 Å². The number of carbonyl (C=O) groups is 1. The van der Waals surface area contributed by atoms with Gasteiger partial charge in [0.1, 0.15) is 12.7 Å². The predicted molar refractivity (Wildman–Crippen MR) is 87.5 cm³/mol. The van der Waals surface area contributed by atoms with E-state index < -0.39 is 0 Å². The fourth-order valence-corrected chi connectivity index (χ4v) is 2.20. The zero-order valence-electron chi connectivity index (χ0n) is 12.4. The van der Waals surface area contributed by atoms with E-state index in [1.807, 2.05) is 30.3 Å². The Labute approximate surface area is 133 Å². The molecule has 6 nitrogen and oxygen atoms in total. The average Bonchev–Trinajstić information content (AvgIpc) is 3.15. The van der Waals surface area contributed by atoms with Crippen molar-refractivity contribution in [2.75, 3.05) is 11.4 Å². The first-order valence-electron chi connectivity index (χ1n) is 7.08. The number of para-hydroxylation sites is 1. The topological polar surface area (TPSA) is 63.9 Å². The van der Waals surface area contributed by atoms with Gasteiger partial charge in [0.15, 0.2) is 5.82 Å². The van der Waals surface area contributed by atoms with Crippen LogP contribution in [-0.2, 0) is 0 Å². The van der Waals surface area contributed by atoms with E-state index in [-0.39, 0.29) is 5.91 Å². The minimum atomic E-state index is -0.125. The van der Waals surface area contributed by atoms with Crippen molar-refractivity contribution in [3.05, 3.63) is 79.5 Å². The Morgan fingerprint density at radius 3 is 2.78 bits per heavy atom. The van der Waals surface area contributed by atoms with E-state index >= 15 is 0 Å². The van der Waals surface area contributed by atoms with Gasteiger partial charge in [0.2, 0.25) is 0 Å². The molecule has 2 heterocycles. The summed E-state index contributed by atoms with van der Waals surface area (Å²) in [5, 5.41) is 4.03. The second-order valence-electron chi connectivity index (χ2n) is 4.78. The minimum Gasteiger partial charge on any atom is -0.305 e. The number of benzene rings is 1. The maximum absolute atomic E-state index is 12.9. The monoisotopic (exact) mass is 305 g/mol. The highest BCUT2D eigenvalue weighted by molar-refractivity contribution is 6.06. The van der Waals surface area contributed by atoms with Crippen LogP contribution in [0.15, 0.2) is 74.0 Å². The van der Waals surface area contributed by atoms with Crippen LogP contribution in [0.25, 0.3) is 5.82 Å². The lowest BCUT2D eigenvalue weighted by atomic mass is 10.2. The normalized spacial score (nSPS) is 10.3. The lowest BCUT2D eigenvalue weighted by Crippen LogP contribution is -2.31. The molecule has 0 N–H and O–H groups in total. The first-order valence-corrected chi connectivity index (χ1v) is 7.08. The summed E-state index contributed by atoms with van der Waals surface area (Å²) >= 11 is 0. The number of carbonyl (C=O) groups excluding carboxylic acids is 1. The third kappa shape index (κ3) is 3.16. The highest BCUT2D eigenvalue weighted by Gasteiger charge is 2.17. The third-order valence-corrected chi connectivity index (χ3v) is 3.27. The van der Waals surface area contributed by atoms with E-state index in [0.29, 0.717) is 17.9 Å². The molecule has 1 aromatic carbocycles. The summed E-state index contributed by atoms with van der Waals surface area (Å²) in [7, 11) is 0. The molecule has 3 rings (SSSR count). The molecule has 1 amide bonds. The van der Waals surface area contributed by atoms with Crippen LogP contribution in [0.1, 0.15) is 10.4 Å². The van der Waals surface area contributed by atoms with Crippen LogP contribution in [-0.4, -0.2) is 32.2 Å². The molecule has 2 aromatic heterocycles. The van der Waals surface area contributed by atoms with Gasteiger partial charge in [-0.1, -0.05) is 24.3 Å². The number of nitrogens with zero attached hydrogens (tertiary/aromatic N) is 5. The van der Waals surface area contributed by atoms with Crippen molar-refractivity contribution in [1.29, 1.82) is 0 Å². The van der Waals surface area contributed by atoms with Crippen molar-refractivity contribution in [2.24, 2.45) is 0 Å². The molecule has 23 heavy (non-hydrogen) atoms. The van der Waals surface area contributed by atoms with Crippen molar-refractivity contribution in [3.8, 4) is 5.82 Å². The Morgan fingerprint density at radius 1 is 1.26 bits per heavy atom. The number of amides is 1. The number of hydrogen-bond donors (Lipinski definition) is 0. The Morgan fingerprint density at radius 2 is 2.09 bits per heavy atom. The maximum atomic E-state index is 12.9. The molecule has 0 saturated heterocycles. The maximum Gasteiger partial charge on any atom is 0.258 e. The summed E-state index contributed by atoms with van der Waals surface area (Å²) < 4.78 is 1.51. The summed E-state index contributed by atoms with van der Waals surface area (Å²) in [4.78, 5) is 22.6. The van der Waals surface area contributed by atoms with E-state index in [2.05, 4.69) is 21.6 Å². The molecule has 0 aliphatic heterocycles. The van der Waals surface area contributed by atoms with E-state index in [4.69, 9.17) is 0 Å². The Kier molecular flexibility index (Phi) is 4.24. The smallest absolute Gasteiger partial charge is 0.258 e. The van der Waals surface area contributed by atoms with Crippen LogP contribution in [0, 0.1) is 0 Å². The number of hydrogen-bond acceptors (Lipinski definition) is 4. The van der Waals surface area contributed by atoms with E-state index in [1.54, 1.807) is 29.3 Å². The summed E-state index contributed by atoms with van der Waals surface area (Å²) in [6, 6.07) is 12.9. The van der Waals surface area contributed by atoms with Crippen LogP contribution >= 0.6 is 0 Å². The van der Waals surface area contributed by atoms with Crippen molar-refractivity contribution in [2.45, 2.75) is 0 Å². The van der Waals surface area contributed by atoms with Gasteiger partial charge in [-0.2, -0.15) is 5.10 Å². The Bertz CT molecular complexity index is 799. The minimum absolute atomic E-state index is 0.125. The van der Waals surface area contributed by atoms with Gasteiger partial charge in [-0.05, 0) is 24.3 Å². The van der Waals surface area contributed by atoms with Gasteiger partial charge in [-0.3, -0.25) is 4.79 Å². The SMILES string of the molecule is C=CCN(C(=O)c1ccnc(-n2cncn2)c1)c1ccccc1. The number of aromatic nitrogens is 4. The molecule has 0 unspecified atom stereocenters. The second-order valence-corrected chi connectivity index (χ2v) is 4.78. The highest BCUT2D eigenvalue weighted by Crippen LogP contribution is 2.17. The van der Waals surface area contributed by atoms with Crippen LogP contribution < -0.4 is 4.90 Å². The van der Waals surface area contributed by atoms with Crippen LogP contribution in [0.5, 0.6) is 0 Å². The zero-order valence-corrected chi connectivity index (χ0v) is 12.4. The number of rotatable bonds is 5. The molecule has 0 atom stereocenters. The van der Waals surface area contributed by atoms with Crippen LogP contribution in [0.2, 0.25) is 0 Å². The first-order chi connectivity index (χ1) is 11.3. The second kappa shape index (κ2) is 6.65. The lowest BCUT2D eigenvalue weighted by Gasteiger charge is -2.21. The first kappa shape index (κ1) is 14.6. The molecule has 0 bridgehead atoms. The molecule has 114 valence electrons. The van der Waals surface area contributed by atoms with Crippen molar-refractivity contribution >= 4 is 11.6 Å². The van der Waals surface area contributed by atoms with Gasteiger partial charge in [0, 0.05) is 24.0 Å². The number of pyridine rings is 1. The van der Waals surface area contributed by atoms with E-state index in [0.717, 1.165) is 5.69 Å². The van der Waals surface area contributed by atoms with Crippen LogP contribution in [0.3, 0.4) is 0 Å². The molecule has 0 fully saturated rings. The van der Waals surface area contributed by atoms with Crippen LogP contribution in [0.4, 0.5) is 5.69 Å². The molecule has 0 spiro atoms. The van der Waals surface area contributed by atoms with Gasteiger partial charge in [0.05, 0.1) is 0 Å². The predicted octanol–water partition coefficient (Wildman–Crippen LogP) is 2.50. The van der Waals surface area contributed by atoms with Crippen molar-refractivity contribution in [3.63, 3.8) is 0 Å².